The standard InChI is InChI=1S/C27H40O7/c1-14(28)21-12-23(33-16(3)30)25-20-8-7-18-11-19(32-15(2)29)9-10-26(18,5)22(20)13-24(27(21,25)6)34-17(4)31/h18-25H,7-13H2,1-6H3. The van der Waals surface area contributed by atoms with Crippen molar-refractivity contribution in [3.05, 3.63) is 0 Å². The normalized spacial score (nSPS) is 45.2. The van der Waals surface area contributed by atoms with Crippen LogP contribution in [-0.4, -0.2) is 42.0 Å². The lowest BCUT2D eigenvalue weighted by Crippen LogP contribution is -2.61. The minimum absolute atomic E-state index is 0.0222. The third kappa shape index (κ3) is 4.07. The summed E-state index contributed by atoms with van der Waals surface area (Å²) in [6.45, 7) is 10.4. The average Bonchev–Trinajstić information content (AvgIpc) is 3.01. The Hall–Kier alpha value is -1.92. The summed E-state index contributed by atoms with van der Waals surface area (Å²) in [5.74, 6) is -0.160. The van der Waals surface area contributed by atoms with Crippen LogP contribution in [0.2, 0.25) is 0 Å². The van der Waals surface area contributed by atoms with Gasteiger partial charge in [0, 0.05) is 38.0 Å². The summed E-state index contributed by atoms with van der Waals surface area (Å²) in [7, 11) is 0. The summed E-state index contributed by atoms with van der Waals surface area (Å²) in [4.78, 5) is 48.6. The van der Waals surface area contributed by atoms with Crippen LogP contribution in [0.3, 0.4) is 0 Å². The van der Waals surface area contributed by atoms with Gasteiger partial charge < -0.3 is 14.2 Å². The molecule has 0 aromatic heterocycles. The second-order valence-corrected chi connectivity index (χ2v) is 11.8. The van der Waals surface area contributed by atoms with Gasteiger partial charge >= 0.3 is 17.9 Å². The van der Waals surface area contributed by atoms with Crippen molar-refractivity contribution < 1.29 is 33.4 Å². The zero-order valence-electron chi connectivity index (χ0n) is 21.4. The topological polar surface area (TPSA) is 96.0 Å². The van der Waals surface area contributed by atoms with E-state index in [0.717, 1.165) is 38.5 Å². The third-order valence-electron chi connectivity index (χ3n) is 10.1. The Bertz CT molecular complexity index is 867. The lowest BCUT2D eigenvalue weighted by molar-refractivity contribution is -0.205. The van der Waals surface area contributed by atoms with Crippen molar-refractivity contribution in [1.29, 1.82) is 0 Å². The monoisotopic (exact) mass is 476 g/mol. The van der Waals surface area contributed by atoms with E-state index >= 15 is 0 Å². The van der Waals surface area contributed by atoms with E-state index < -0.39 is 11.5 Å². The molecule has 0 radical (unpaired) electrons. The van der Waals surface area contributed by atoms with Crippen molar-refractivity contribution in [2.24, 2.45) is 40.4 Å². The summed E-state index contributed by atoms with van der Waals surface area (Å²) < 4.78 is 17.4. The van der Waals surface area contributed by atoms with Gasteiger partial charge in [-0.15, -0.1) is 0 Å². The maximum absolute atomic E-state index is 12.8. The van der Waals surface area contributed by atoms with E-state index in [9.17, 15) is 19.2 Å². The largest absolute Gasteiger partial charge is 0.463 e. The molecule has 10 atom stereocenters. The molecule has 0 aromatic carbocycles. The number of Topliss-reactive ketones (excluding diaryl/α,β-unsaturated/α-hetero) is 1. The highest BCUT2D eigenvalue weighted by molar-refractivity contribution is 5.80. The fraction of sp³-hybridized carbons (Fsp3) is 0.852. The molecule has 4 fully saturated rings. The Morgan fingerprint density at radius 3 is 2.00 bits per heavy atom. The summed E-state index contributed by atoms with van der Waals surface area (Å²) in [6, 6.07) is 0. The van der Waals surface area contributed by atoms with Crippen LogP contribution in [0.1, 0.15) is 86.5 Å². The number of fused-ring (bicyclic) bond motifs is 5. The molecule has 0 N–H and O–H groups in total. The molecule has 0 aliphatic heterocycles. The van der Waals surface area contributed by atoms with E-state index in [0.29, 0.717) is 12.3 Å². The van der Waals surface area contributed by atoms with Crippen LogP contribution in [0.5, 0.6) is 0 Å². The molecule has 4 saturated carbocycles. The van der Waals surface area contributed by atoms with Gasteiger partial charge in [0.25, 0.3) is 0 Å². The van der Waals surface area contributed by atoms with Crippen LogP contribution in [-0.2, 0) is 33.4 Å². The molecular formula is C27H40O7. The van der Waals surface area contributed by atoms with Gasteiger partial charge in [-0.1, -0.05) is 13.8 Å². The number of ether oxygens (including phenoxy) is 3. The van der Waals surface area contributed by atoms with Crippen molar-refractivity contribution in [2.75, 3.05) is 0 Å². The minimum Gasteiger partial charge on any atom is -0.463 e. The summed E-state index contributed by atoms with van der Waals surface area (Å²) in [6.07, 6.45) is 5.08. The first-order chi connectivity index (χ1) is 15.9. The molecule has 0 aromatic rings. The van der Waals surface area contributed by atoms with Crippen molar-refractivity contribution >= 4 is 23.7 Å². The van der Waals surface area contributed by atoms with Gasteiger partial charge in [-0.3, -0.25) is 19.2 Å². The molecule has 4 aliphatic carbocycles. The number of hydrogen-bond donors (Lipinski definition) is 0. The van der Waals surface area contributed by atoms with Gasteiger partial charge in [-0.25, -0.2) is 0 Å². The van der Waals surface area contributed by atoms with Gasteiger partial charge in [-0.2, -0.15) is 0 Å². The van der Waals surface area contributed by atoms with Gasteiger partial charge in [-0.05, 0) is 75.0 Å². The fourth-order valence-electron chi connectivity index (χ4n) is 8.86. The Labute approximate surface area is 202 Å². The lowest BCUT2D eigenvalue weighted by Gasteiger charge is -2.62. The first kappa shape index (κ1) is 25.2. The Balaban J connectivity index is 1.72. The third-order valence-corrected chi connectivity index (χ3v) is 10.1. The second-order valence-electron chi connectivity index (χ2n) is 11.8. The maximum atomic E-state index is 12.8. The molecule has 10 unspecified atom stereocenters. The maximum Gasteiger partial charge on any atom is 0.302 e. The van der Waals surface area contributed by atoms with Crippen molar-refractivity contribution in [1.82, 2.24) is 0 Å². The van der Waals surface area contributed by atoms with Crippen LogP contribution in [0.15, 0.2) is 0 Å². The molecule has 0 spiro atoms. The van der Waals surface area contributed by atoms with Gasteiger partial charge in [0.15, 0.2) is 0 Å². The van der Waals surface area contributed by atoms with Crippen LogP contribution in [0.4, 0.5) is 0 Å². The summed E-state index contributed by atoms with van der Waals surface area (Å²) in [5, 5.41) is 0. The molecule has 7 heteroatoms. The number of carbonyl (C=O) groups excluding carboxylic acids is 4. The predicted octanol–water partition coefficient (Wildman–Crippen LogP) is 4.25. The Kier molecular flexibility index (Phi) is 6.62. The Morgan fingerprint density at radius 1 is 0.765 bits per heavy atom. The van der Waals surface area contributed by atoms with Crippen LogP contribution >= 0.6 is 0 Å². The summed E-state index contributed by atoms with van der Waals surface area (Å²) in [5.41, 5.74) is -0.536. The zero-order chi connectivity index (χ0) is 25.0. The van der Waals surface area contributed by atoms with Crippen LogP contribution in [0, 0.1) is 40.4 Å². The molecule has 7 nitrogen and oxygen atoms in total. The van der Waals surface area contributed by atoms with E-state index in [4.69, 9.17) is 14.2 Å². The number of rotatable bonds is 4. The van der Waals surface area contributed by atoms with E-state index in [-0.39, 0.29) is 65.0 Å². The van der Waals surface area contributed by atoms with Crippen LogP contribution in [0.25, 0.3) is 0 Å². The van der Waals surface area contributed by atoms with Gasteiger partial charge in [0.05, 0.1) is 0 Å². The molecule has 190 valence electrons. The molecule has 4 aliphatic rings. The average molecular weight is 477 g/mol. The zero-order valence-corrected chi connectivity index (χ0v) is 21.4. The molecular weight excluding hydrogens is 436 g/mol. The van der Waals surface area contributed by atoms with E-state index in [1.165, 1.54) is 20.8 Å². The van der Waals surface area contributed by atoms with Crippen LogP contribution < -0.4 is 0 Å². The molecule has 0 heterocycles. The lowest BCUT2D eigenvalue weighted by atomic mass is 9.43. The molecule has 0 amide bonds. The van der Waals surface area contributed by atoms with E-state index in [1.807, 2.05) is 0 Å². The predicted molar refractivity (Wildman–Crippen MR) is 123 cm³/mol. The quantitative estimate of drug-likeness (QED) is 0.442. The first-order valence-corrected chi connectivity index (χ1v) is 12.9. The number of ketones is 1. The molecule has 4 rings (SSSR count). The number of carbonyl (C=O) groups is 4. The molecule has 0 bridgehead atoms. The highest BCUT2D eigenvalue weighted by atomic mass is 16.6. The fourth-order valence-corrected chi connectivity index (χ4v) is 8.86. The van der Waals surface area contributed by atoms with Crippen molar-refractivity contribution in [3.8, 4) is 0 Å². The van der Waals surface area contributed by atoms with E-state index in [2.05, 4.69) is 13.8 Å². The second kappa shape index (κ2) is 8.94. The van der Waals surface area contributed by atoms with Crippen molar-refractivity contribution in [3.63, 3.8) is 0 Å². The Morgan fingerprint density at radius 2 is 1.41 bits per heavy atom. The minimum atomic E-state index is -0.559. The smallest absolute Gasteiger partial charge is 0.302 e. The molecule has 34 heavy (non-hydrogen) atoms. The van der Waals surface area contributed by atoms with Gasteiger partial charge in [0.1, 0.15) is 24.1 Å². The SMILES string of the molecule is CC(=O)OC1CCC2(C)C(CCC3C2CC(OC(C)=O)C2(C)C(C(C)=O)CC(OC(C)=O)C32)C1. The summed E-state index contributed by atoms with van der Waals surface area (Å²) >= 11 is 0. The van der Waals surface area contributed by atoms with E-state index in [1.54, 1.807) is 6.92 Å². The number of hydrogen-bond acceptors (Lipinski definition) is 7. The van der Waals surface area contributed by atoms with Gasteiger partial charge in [0.2, 0.25) is 0 Å². The highest BCUT2D eigenvalue weighted by Crippen LogP contribution is 2.68. The first-order valence-electron chi connectivity index (χ1n) is 12.9. The number of esters is 3. The highest BCUT2D eigenvalue weighted by Gasteiger charge is 2.68. The van der Waals surface area contributed by atoms with Crippen molar-refractivity contribution in [2.45, 2.75) is 105 Å². The molecule has 0 saturated heterocycles.